The number of nitro benzene ring substituents is 1. The van der Waals surface area contributed by atoms with Gasteiger partial charge in [0.05, 0.1) is 9.82 Å². The van der Waals surface area contributed by atoms with Crippen molar-refractivity contribution in [3.8, 4) is 0 Å². The van der Waals surface area contributed by atoms with Gasteiger partial charge in [-0.25, -0.2) is 8.42 Å². The van der Waals surface area contributed by atoms with Crippen LogP contribution in [0.15, 0.2) is 17.0 Å². The second-order valence-corrected chi connectivity index (χ2v) is 8.36. The van der Waals surface area contributed by atoms with E-state index in [1.165, 1.54) is 10.4 Å². The van der Waals surface area contributed by atoms with Crippen LogP contribution in [0.5, 0.6) is 0 Å². The van der Waals surface area contributed by atoms with Crippen molar-refractivity contribution in [3.63, 3.8) is 0 Å². The molecule has 0 spiro atoms. The molecule has 2 unspecified atom stereocenters. The lowest BCUT2D eigenvalue weighted by Crippen LogP contribution is -2.39. The third kappa shape index (κ3) is 2.98. The molecule has 2 bridgehead atoms. The molecule has 3 rings (SSSR count). The highest BCUT2D eigenvalue weighted by Crippen LogP contribution is 2.30. The average molecular weight is 339 g/mol. The van der Waals surface area contributed by atoms with E-state index in [-0.39, 0.29) is 16.6 Å². The number of sulfonamides is 1. The van der Waals surface area contributed by atoms with Crippen LogP contribution < -0.4 is 5.32 Å². The number of fused-ring (bicyclic) bond motifs is 2. The fourth-order valence-electron chi connectivity index (χ4n) is 3.56. The smallest absolute Gasteiger partial charge is 0.273 e. The van der Waals surface area contributed by atoms with Crippen LogP contribution in [0.2, 0.25) is 0 Å². The summed E-state index contributed by atoms with van der Waals surface area (Å²) in [6, 6.07) is 3.34. The van der Waals surface area contributed by atoms with E-state index in [1.807, 2.05) is 0 Å². The molecule has 2 aliphatic heterocycles. The lowest BCUT2D eigenvalue weighted by Gasteiger charge is -2.24. The third-order valence-electron chi connectivity index (χ3n) is 4.79. The van der Waals surface area contributed by atoms with Crippen LogP contribution in [0.1, 0.15) is 30.4 Å². The van der Waals surface area contributed by atoms with Gasteiger partial charge in [0, 0.05) is 36.8 Å². The Labute approximate surface area is 135 Å². The Hall–Kier alpha value is -1.51. The minimum absolute atomic E-state index is 0.0487. The summed E-state index contributed by atoms with van der Waals surface area (Å²) in [5.41, 5.74) is 0.877. The molecule has 2 saturated heterocycles. The third-order valence-corrected chi connectivity index (χ3v) is 6.80. The zero-order valence-electron chi connectivity index (χ0n) is 13.3. The number of nitrogens with one attached hydrogen (secondary N) is 1. The molecular formula is C15H21N3O4S. The first-order valence-corrected chi connectivity index (χ1v) is 9.25. The lowest BCUT2D eigenvalue weighted by atomic mass is 10.1. The molecule has 23 heavy (non-hydrogen) atoms. The predicted molar refractivity (Wildman–Crippen MR) is 85.9 cm³/mol. The largest absolute Gasteiger partial charge is 0.310 e. The van der Waals surface area contributed by atoms with Crippen LogP contribution in [0.3, 0.4) is 0 Å². The van der Waals surface area contributed by atoms with Gasteiger partial charge >= 0.3 is 0 Å². The van der Waals surface area contributed by atoms with E-state index < -0.39 is 14.9 Å². The van der Waals surface area contributed by atoms with Crippen molar-refractivity contribution in [2.75, 3.05) is 13.1 Å². The molecule has 2 fully saturated rings. The quantitative estimate of drug-likeness (QED) is 0.669. The normalized spacial score (nSPS) is 25.3. The molecule has 0 radical (unpaired) electrons. The first kappa shape index (κ1) is 16.4. The van der Waals surface area contributed by atoms with E-state index in [4.69, 9.17) is 0 Å². The molecule has 1 aromatic rings. The summed E-state index contributed by atoms with van der Waals surface area (Å²) >= 11 is 0. The number of nitrogens with zero attached hydrogens (tertiary/aromatic N) is 2. The minimum atomic E-state index is -3.72. The Balaban J connectivity index is 1.99. The first-order chi connectivity index (χ1) is 10.8. The number of benzene rings is 1. The molecule has 2 atom stereocenters. The molecule has 0 aromatic heterocycles. The van der Waals surface area contributed by atoms with E-state index in [1.54, 1.807) is 19.9 Å². The topological polar surface area (TPSA) is 92.6 Å². The highest BCUT2D eigenvalue weighted by molar-refractivity contribution is 7.89. The maximum atomic E-state index is 13.0. The van der Waals surface area contributed by atoms with Crippen molar-refractivity contribution in [3.05, 3.63) is 33.4 Å². The predicted octanol–water partition coefficient (Wildman–Crippen LogP) is 1.73. The van der Waals surface area contributed by atoms with Crippen LogP contribution in [0.25, 0.3) is 0 Å². The summed E-state index contributed by atoms with van der Waals surface area (Å²) in [6.45, 7) is 4.19. The zero-order valence-corrected chi connectivity index (χ0v) is 14.1. The van der Waals surface area contributed by atoms with Gasteiger partial charge in [0.25, 0.3) is 5.69 Å². The molecule has 0 aliphatic carbocycles. The first-order valence-electron chi connectivity index (χ1n) is 7.81. The Kier molecular flexibility index (Phi) is 4.16. The van der Waals surface area contributed by atoms with E-state index in [2.05, 4.69) is 5.32 Å². The standard InChI is InChI=1S/C15H21N3O4S/c1-10-7-11(2)15(8-14(10)18(19)20)23(21,22)17-6-5-12-3-4-13(9-17)16-12/h7-8,12-13,16H,3-6,9H2,1-2H3. The fraction of sp³-hybridized carbons (Fsp3) is 0.600. The molecule has 2 aliphatic rings. The summed E-state index contributed by atoms with van der Waals surface area (Å²) in [4.78, 5) is 10.7. The summed E-state index contributed by atoms with van der Waals surface area (Å²) in [5, 5.41) is 14.6. The Bertz CT molecular complexity index is 747. The van der Waals surface area contributed by atoms with Crippen molar-refractivity contribution < 1.29 is 13.3 Å². The number of hydrogen-bond donors (Lipinski definition) is 1. The summed E-state index contributed by atoms with van der Waals surface area (Å²) < 4.78 is 27.5. The highest BCUT2D eigenvalue weighted by atomic mass is 32.2. The molecular weight excluding hydrogens is 318 g/mol. The van der Waals surface area contributed by atoms with Gasteiger partial charge in [-0.15, -0.1) is 0 Å². The van der Waals surface area contributed by atoms with Gasteiger partial charge < -0.3 is 5.32 Å². The van der Waals surface area contributed by atoms with E-state index >= 15 is 0 Å². The van der Waals surface area contributed by atoms with Crippen molar-refractivity contribution >= 4 is 15.7 Å². The Morgan fingerprint density at radius 2 is 1.87 bits per heavy atom. The van der Waals surface area contributed by atoms with Gasteiger partial charge in [0.1, 0.15) is 0 Å². The molecule has 0 amide bonds. The van der Waals surface area contributed by atoms with Crippen LogP contribution in [-0.2, 0) is 10.0 Å². The molecule has 0 saturated carbocycles. The monoisotopic (exact) mass is 339 g/mol. The average Bonchev–Trinajstić information content (AvgIpc) is 2.76. The van der Waals surface area contributed by atoms with E-state index in [0.717, 1.165) is 19.3 Å². The lowest BCUT2D eigenvalue weighted by molar-refractivity contribution is -0.385. The van der Waals surface area contributed by atoms with Gasteiger partial charge in [0.2, 0.25) is 10.0 Å². The van der Waals surface area contributed by atoms with Gasteiger partial charge in [-0.2, -0.15) is 4.31 Å². The fourth-order valence-corrected chi connectivity index (χ4v) is 5.29. The van der Waals surface area contributed by atoms with Gasteiger partial charge in [-0.3, -0.25) is 10.1 Å². The Morgan fingerprint density at radius 3 is 2.57 bits per heavy atom. The van der Waals surface area contributed by atoms with E-state index in [0.29, 0.717) is 30.3 Å². The number of nitro groups is 1. The summed E-state index contributed by atoms with van der Waals surface area (Å²) in [5.74, 6) is 0. The maximum Gasteiger partial charge on any atom is 0.273 e. The van der Waals surface area contributed by atoms with Crippen molar-refractivity contribution in [2.24, 2.45) is 0 Å². The van der Waals surface area contributed by atoms with Crippen LogP contribution in [-0.4, -0.2) is 42.8 Å². The maximum absolute atomic E-state index is 13.0. The summed E-state index contributed by atoms with van der Waals surface area (Å²) in [7, 11) is -3.72. The molecule has 8 heteroatoms. The van der Waals surface area contributed by atoms with Crippen LogP contribution in [0, 0.1) is 24.0 Å². The Morgan fingerprint density at radius 1 is 1.17 bits per heavy atom. The van der Waals surface area contributed by atoms with Crippen molar-refractivity contribution in [1.82, 2.24) is 9.62 Å². The molecule has 1 aromatic carbocycles. The SMILES string of the molecule is Cc1cc(C)c(S(=O)(=O)N2CCC3CCC(C2)N3)cc1[N+](=O)[O-]. The molecule has 2 heterocycles. The second kappa shape index (κ2) is 5.85. The number of aryl methyl sites for hydroxylation is 2. The van der Waals surface area contributed by atoms with Crippen molar-refractivity contribution in [2.45, 2.75) is 50.1 Å². The van der Waals surface area contributed by atoms with Gasteiger partial charge in [-0.1, -0.05) is 0 Å². The number of hydrogen-bond acceptors (Lipinski definition) is 5. The van der Waals surface area contributed by atoms with E-state index in [9.17, 15) is 18.5 Å². The van der Waals surface area contributed by atoms with Gasteiger partial charge in [0.15, 0.2) is 0 Å². The van der Waals surface area contributed by atoms with Crippen molar-refractivity contribution in [1.29, 1.82) is 0 Å². The zero-order chi connectivity index (χ0) is 16.8. The second-order valence-electron chi connectivity index (χ2n) is 6.45. The number of rotatable bonds is 3. The highest BCUT2D eigenvalue weighted by Gasteiger charge is 2.36. The molecule has 7 nitrogen and oxygen atoms in total. The summed E-state index contributed by atoms with van der Waals surface area (Å²) in [6.07, 6.45) is 2.85. The minimum Gasteiger partial charge on any atom is -0.310 e. The van der Waals surface area contributed by atoms with Crippen LogP contribution >= 0.6 is 0 Å². The van der Waals surface area contributed by atoms with Gasteiger partial charge in [-0.05, 0) is 44.7 Å². The molecule has 126 valence electrons. The van der Waals surface area contributed by atoms with Crippen LogP contribution in [0.4, 0.5) is 5.69 Å². The molecule has 1 N–H and O–H groups in total.